The molecule has 5 heteroatoms. The summed E-state index contributed by atoms with van der Waals surface area (Å²) in [6.45, 7) is 14.2. The zero-order valence-corrected chi connectivity index (χ0v) is 13.4. The molecule has 0 heterocycles. The van der Waals surface area contributed by atoms with Crippen LogP contribution in [0.5, 0.6) is 0 Å². The number of carbonyl (C=O) groups is 2. The normalized spacial score (nSPS) is 10.7. The van der Waals surface area contributed by atoms with Gasteiger partial charge in [-0.1, -0.05) is 39.8 Å². The van der Waals surface area contributed by atoms with Crippen LogP contribution >= 0.6 is 0 Å². The summed E-state index contributed by atoms with van der Waals surface area (Å²) in [5.41, 5.74) is 0.630. The van der Waals surface area contributed by atoms with Crippen molar-refractivity contribution in [3.63, 3.8) is 0 Å². The summed E-state index contributed by atoms with van der Waals surface area (Å²) >= 11 is 0. The lowest BCUT2D eigenvalue weighted by Gasteiger charge is -2.29. The van der Waals surface area contributed by atoms with Gasteiger partial charge in [0.05, 0.1) is 0 Å². The quantitative estimate of drug-likeness (QED) is 0.506. The van der Waals surface area contributed by atoms with Gasteiger partial charge < -0.3 is 8.85 Å². The molecule has 0 aromatic carbocycles. The summed E-state index contributed by atoms with van der Waals surface area (Å²) in [5.74, 6) is -0.967. The summed E-state index contributed by atoms with van der Waals surface area (Å²) in [6, 6.07) is 1.19. The maximum atomic E-state index is 11.8. The minimum Gasteiger partial charge on any atom is -0.481 e. The minimum atomic E-state index is -2.87. The van der Waals surface area contributed by atoms with E-state index in [-0.39, 0.29) is 0 Å². The smallest absolute Gasteiger partial charge is 0.464 e. The predicted molar refractivity (Wildman–Crippen MR) is 77.8 cm³/mol. The maximum absolute atomic E-state index is 11.8. The van der Waals surface area contributed by atoms with E-state index in [1.165, 1.54) is 0 Å². The van der Waals surface area contributed by atoms with Crippen LogP contribution in [0.1, 0.15) is 40.5 Å². The van der Waals surface area contributed by atoms with Crippen molar-refractivity contribution < 1.29 is 18.4 Å². The van der Waals surface area contributed by atoms with Crippen LogP contribution in [0, 0.1) is 0 Å². The third-order valence-corrected chi connectivity index (χ3v) is 6.15. The number of hydrogen-bond donors (Lipinski definition) is 0. The fraction of sp³-hybridized carbons (Fsp3) is 0.571. The highest BCUT2D eigenvalue weighted by atomic mass is 28.4. The van der Waals surface area contributed by atoms with Gasteiger partial charge in [0.1, 0.15) is 0 Å². The molecule has 0 radical (unpaired) electrons. The number of hydrogen-bond acceptors (Lipinski definition) is 4. The van der Waals surface area contributed by atoms with Crippen LogP contribution in [-0.4, -0.2) is 20.5 Å². The number of rotatable bonds is 8. The zero-order valence-electron chi connectivity index (χ0n) is 12.4. The highest BCUT2D eigenvalue weighted by Crippen LogP contribution is 2.25. The molecule has 0 aromatic heterocycles. The standard InChI is InChI=1S/C14H24O4Si/c1-7-9-19(10-8-2,17-13(15)11(3)4)18-14(16)12(5)6/h3,5,7-10H2,1-2,4,6H3. The Morgan fingerprint density at radius 2 is 1.21 bits per heavy atom. The molecule has 108 valence electrons. The van der Waals surface area contributed by atoms with Crippen molar-refractivity contribution in [2.24, 2.45) is 0 Å². The Hall–Kier alpha value is -1.36. The molecule has 0 fully saturated rings. The molecule has 0 atom stereocenters. The lowest BCUT2D eigenvalue weighted by molar-refractivity contribution is -0.137. The first kappa shape index (κ1) is 17.6. The molecule has 0 bridgehead atoms. The number of carbonyl (C=O) groups excluding carboxylic acids is 2. The lowest BCUT2D eigenvalue weighted by atomic mass is 10.4. The molecule has 0 unspecified atom stereocenters. The SMILES string of the molecule is C=C(C)C(=O)O[Si](CCC)(CCC)OC(=O)C(=C)C. The average molecular weight is 284 g/mol. The van der Waals surface area contributed by atoms with Crippen molar-refractivity contribution in [3.05, 3.63) is 24.3 Å². The van der Waals surface area contributed by atoms with E-state index in [4.69, 9.17) is 8.85 Å². The van der Waals surface area contributed by atoms with E-state index < -0.39 is 20.5 Å². The Morgan fingerprint density at radius 3 is 1.42 bits per heavy atom. The second-order valence-electron chi connectivity index (χ2n) is 4.75. The zero-order chi connectivity index (χ0) is 15.1. The molecular formula is C14H24O4Si. The Bertz CT molecular complexity index is 338. The summed E-state index contributed by atoms with van der Waals surface area (Å²) in [7, 11) is -2.87. The Balaban J connectivity index is 5.16. The summed E-state index contributed by atoms with van der Waals surface area (Å²) in [4.78, 5) is 23.5. The Kier molecular flexibility index (Phi) is 7.37. The second kappa shape index (κ2) is 7.94. The van der Waals surface area contributed by atoms with Crippen molar-refractivity contribution in [2.45, 2.75) is 52.6 Å². The summed E-state index contributed by atoms with van der Waals surface area (Å²) < 4.78 is 11.0. The molecule has 0 saturated carbocycles. The molecule has 0 aliphatic rings. The van der Waals surface area contributed by atoms with E-state index in [1.54, 1.807) is 13.8 Å². The highest BCUT2D eigenvalue weighted by molar-refractivity contribution is 6.70. The van der Waals surface area contributed by atoms with Crippen LogP contribution in [0.25, 0.3) is 0 Å². The third-order valence-electron chi connectivity index (χ3n) is 2.52. The fourth-order valence-electron chi connectivity index (χ4n) is 1.62. The van der Waals surface area contributed by atoms with E-state index in [0.29, 0.717) is 23.2 Å². The summed E-state index contributed by atoms with van der Waals surface area (Å²) in [6.07, 6.45) is 1.58. The average Bonchev–Trinajstić information content (AvgIpc) is 2.29. The summed E-state index contributed by atoms with van der Waals surface area (Å²) in [5, 5.41) is 0. The minimum absolute atomic E-state index is 0.315. The van der Waals surface area contributed by atoms with Gasteiger partial charge in [0.2, 0.25) is 0 Å². The Labute approximate surface area is 116 Å². The molecule has 0 saturated heterocycles. The maximum Gasteiger partial charge on any atom is 0.464 e. The van der Waals surface area contributed by atoms with Gasteiger partial charge in [-0.15, -0.1) is 0 Å². The molecule has 0 spiro atoms. The van der Waals surface area contributed by atoms with Crippen LogP contribution in [0.3, 0.4) is 0 Å². The van der Waals surface area contributed by atoms with Gasteiger partial charge in [-0.3, -0.25) is 0 Å². The first-order chi connectivity index (χ1) is 8.78. The monoisotopic (exact) mass is 284 g/mol. The van der Waals surface area contributed by atoms with Gasteiger partial charge in [0, 0.05) is 23.2 Å². The molecule has 0 aliphatic carbocycles. The van der Waals surface area contributed by atoms with E-state index >= 15 is 0 Å². The van der Waals surface area contributed by atoms with Crippen LogP contribution in [-0.2, 0) is 18.4 Å². The highest BCUT2D eigenvalue weighted by Gasteiger charge is 2.43. The van der Waals surface area contributed by atoms with Gasteiger partial charge in [0.15, 0.2) is 0 Å². The molecule has 0 N–H and O–H groups in total. The van der Waals surface area contributed by atoms with Gasteiger partial charge >= 0.3 is 20.5 Å². The van der Waals surface area contributed by atoms with Gasteiger partial charge in [-0.2, -0.15) is 0 Å². The molecule has 0 rings (SSSR count). The van der Waals surface area contributed by atoms with Crippen molar-refractivity contribution in [2.75, 3.05) is 0 Å². The van der Waals surface area contributed by atoms with Gasteiger partial charge in [-0.25, -0.2) is 9.59 Å². The Morgan fingerprint density at radius 1 is 0.895 bits per heavy atom. The molecule has 4 nitrogen and oxygen atoms in total. The molecule has 19 heavy (non-hydrogen) atoms. The van der Waals surface area contributed by atoms with Gasteiger partial charge in [0.25, 0.3) is 0 Å². The second-order valence-corrected chi connectivity index (χ2v) is 7.98. The fourth-order valence-corrected chi connectivity index (χ4v) is 4.87. The molecular weight excluding hydrogens is 260 g/mol. The predicted octanol–water partition coefficient (Wildman–Crippen LogP) is 3.49. The topological polar surface area (TPSA) is 52.6 Å². The molecule has 0 aliphatic heterocycles. The van der Waals surface area contributed by atoms with Crippen LogP contribution in [0.15, 0.2) is 24.3 Å². The van der Waals surface area contributed by atoms with Crippen molar-refractivity contribution in [1.82, 2.24) is 0 Å². The van der Waals surface area contributed by atoms with E-state index in [0.717, 1.165) is 12.8 Å². The largest absolute Gasteiger partial charge is 0.481 e. The molecule has 0 amide bonds. The van der Waals surface area contributed by atoms with Crippen molar-refractivity contribution in [3.8, 4) is 0 Å². The van der Waals surface area contributed by atoms with Crippen molar-refractivity contribution >= 4 is 20.5 Å². The van der Waals surface area contributed by atoms with E-state index in [1.807, 2.05) is 13.8 Å². The van der Waals surface area contributed by atoms with E-state index in [2.05, 4.69) is 13.2 Å². The van der Waals surface area contributed by atoms with Crippen LogP contribution in [0.2, 0.25) is 12.1 Å². The van der Waals surface area contributed by atoms with Crippen molar-refractivity contribution in [1.29, 1.82) is 0 Å². The first-order valence-electron chi connectivity index (χ1n) is 6.55. The van der Waals surface area contributed by atoms with E-state index in [9.17, 15) is 9.59 Å². The third kappa shape index (κ3) is 5.87. The van der Waals surface area contributed by atoms with Crippen LogP contribution < -0.4 is 0 Å². The van der Waals surface area contributed by atoms with Gasteiger partial charge in [-0.05, 0) is 13.8 Å². The lowest BCUT2D eigenvalue weighted by Crippen LogP contribution is -2.45. The molecule has 0 aromatic rings. The first-order valence-corrected chi connectivity index (χ1v) is 8.78. The van der Waals surface area contributed by atoms with Crippen LogP contribution in [0.4, 0.5) is 0 Å².